The number of hydrogen-bond acceptors (Lipinski definition) is 3. The molecule has 0 unspecified atom stereocenters. The zero-order valence-electron chi connectivity index (χ0n) is 16.6. The van der Waals surface area contributed by atoms with E-state index in [0.29, 0.717) is 0 Å². The summed E-state index contributed by atoms with van der Waals surface area (Å²) in [6.07, 6.45) is 7.24. The second-order valence-electron chi connectivity index (χ2n) is 6.44. The Morgan fingerprint density at radius 1 is 0.516 bits per heavy atom. The molecule has 0 aliphatic heterocycles. The van der Waals surface area contributed by atoms with Crippen molar-refractivity contribution < 1.29 is 20.1 Å². The Kier molecular flexibility index (Phi) is 8.36. The molecule has 3 aromatic heterocycles. The first-order chi connectivity index (χ1) is 14.9. The molecule has 0 aliphatic rings. The Labute approximate surface area is 196 Å². The van der Waals surface area contributed by atoms with Gasteiger partial charge in [-0.15, -0.1) is 71.8 Å². The van der Waals surface area contributed by atoms with E-state index < -0.39 is 0 Å². The summed E-state index contributed by atoms with van der Waals surface area (Å²) in [7, 11) is 0. The van der Waals surface area contributed by atoms with Crippen molar-refractivity contribution in [1.82, 2.24) is 15.0 Å². The van der Waals surface area contributed by atoms with Gasteiger partial charge in [0.15, 0.2) is 0 Å². The van der Waals surface area contributed by atoms with Crippen LogP contribution in [0.5, 0.6) is 0 Å². The van der Waals surface area contributed by atoms with E-state index in [1.54, 1.807) is 18.6 Å². The Morgan fingerprint density at radius 3 is 1.68 bits per heavy atom. The van der Waals surface area contributed by atoms with Gasteiger partial charge >= 0.3 is 0 Å². The van der Waals surface area contributed by atoms with Gasteiger partial charge in [-0.2, -0.15) is 0 Å². The molecule has 2 aromatic carbocycles. The molecule has 0 amide bonds. The van der Waals surface area contributed by atoms with Crippen LogP contribution in [0.1, 0.15) is 0 Å². The topological polar surface area (TPSA) is 38.7 Å². The van der Waals surface area contributed by atoms with Crippen LogP contribution in [-0.4, -0.2) is 15.0 Å². The molecule has 31 heavy (non-hydrogen) atoms. The van der Waals surface area contributed by atoms with E-state index in [4.69, 9.17) is 0 Å². The van der Waals surface area contributed by atoms with Gasteiger partial charge in [0.2, 0.25) is 0 Å². The summed E-state index contributed by atoms with van der Waals surface area (Å²) in [5, 5.41) is 0. The Morgan fingerprint density at radius 2 is 1.16 bits per heavy atom. The second-order valence-corrected chi connectivity index (χ2v) is 6.44. The summed E-state index contributed by atoms with van der Waals surface area (Å²) in [5.74, 6) is 0. The molecule has 0 saturated carbocycles. The van der Waals surface area contributed by atoms with E-state index in [0.717, 1.165) is 33.6 Å². The number of nitrogens with zero attached hydrogens (tertiary/aromatic N) is 3. The van der Waals surface area contributed by atoms with Crippen molar-refractivity contribution in [2.24, 2.45) is 0 Å². The van der Waals surface area contributed by atoms with Crippen molar-refractivity contribution in [1.29, 1.82) is 0 Å². The predicted molar refractivity (Wildman–Crippen MR) is 120 cm³/mol. The van der Waals surface area contributed by atoms with Crippen molar-refractivity contribution in [3.8, 4) is 33.6 Å². The van der Waals surface area contributed by atoms with Crippen molar-refractivity contribution in [3.63, 3.8) is 0 Å². The molecule has 4 heteroatoms. The first-order valence-electron chi connectivity index (χ1n) is 9.62. The zero-order chi connectivity index (χ0) is 20.4. The molecule has 153 valence electrons. The Bertz CT molecular complexity index is 1050. The third kappa shape index (κ3) is 6.26. The standard InChI is InChI=1S/C16H11N2.C11H8N.Ir/c1-2-4-14(5-3-1)16-7-6-15(12-18-16)13-8-10-17-11-9-13;1-2-6-10(7-3-1)11-8-4-5-9-12-11;/h1-4,6-12H;1-6,8-9H;/q2*-1;. The molecule has 5 aromatic rings. The molecule has 1 radical (unpaired) electrons. The molecular weight excluding hydrogens is 559 g/mol. The van der Waals surface area contributed by atoms with Crippen LogP contribution in [0.2, 0.25) is 0 Å². The predicted octanol–water partition coefficient (Wildman–Crippen LogP) is 6.16. The van der Waals surface area contributed by atoms with Gasteiger partial charge in [0, 0.05) is 44.9 Å². The van der Waals surface area contributed by atoms with Crippen LogP contribution < -0.4 is 0 Å². The number of pyridine rings is 3. The molecule has 0 aliphatic carbocycles. The van der Waals surface area contributed by atoms with Crippen molar-refractivity contribution >= 4 is 0 Å². The van der Waals surface area contributed by atoms with Gasteiger partial charge in [-0.3, -0.25) is 4.98 Å². The Hall–Kier alpha value is -3.46. The SMILES string of the molecule is [Ir].[c-]1ccccc1-c1ccc(-c2ccncc2)cn1.[c-]1ccccc1-c1ccccn1. The normalized spacial score (nSPS) is 9.68. The van der Waals surface area contributed by atoms with E-state index >= 15 is 0 Å². The average Bonchev–Trinajstić information content (AvgIpc) is 2.87. The van der Waals surface area contributed by atoms with Crippen LogP contribution in [-0.2, 0) is 20.1 Å². The third-order valence-corrected chi connectivity index (χ3v) is 4.41. The molecule has 0 saturated heterocycles. The van der Waals surface area contributed by atoms with E-state index in [1.165, 1.54) is 0 Å². The monoisotopic (exact) mass is 578 g/mol. The minimum absolute atomic E-state index is 0. The van der Waals surface area contributed by atoms with Crippen LogP contribution in [0.15, 0.2) is 116 Å². The first kappa shape index (κ1) is 22.2. The van der Waals surface area contributed by atoms with Crippen LogP contribution >= 0.6 is 0 Å². The molecule has 5 rings (SSSR count). The summed E-state index contributed by atoms with van der Waals surface area (Å²) in [6, 6.07) is 35.9. The van der Waals surface area contributed by atoms with Crippen LogP contribution in [0, 0.1) is 12.1 Å². The summed E-state index contributed by atoms with van der Waals surface area (Å²) >= 11 is 0. The summed E-state index contributed by atoms with van der Waals surface area (Å²) in [5.41, 5.74) is 6.18. The zero-order valence-corrected chi connectivity index (χ0v) is 19.0. The molecule has 3 heterocycles. The smallest absolute Gasteiger partial charge is 0.0273 e. The summed E-state index contributed by atoms with van der Waals surface area (Å²) in [6.45, 7) is 0. The third-order valence-electron chi connectivity index (χ3n) is 4.41. The van der Waals surface area contributed by atoms with Crippen molar-refractivity contribution in [3.05, 3.63) is 128 Å². The summed E-state index contributed by atoms with van der Waals surface area (Å²) in [4.78, 5) is 12.7. The fraction of sp³-hybridized carbons (Fsp3) is 0. The van der Waals surface area contributed by atoms with Gasteiger partial charge in [-0.05, 0) is 40.7 Å². The van der Waals surface area contributed by atoms with Crippen molar-refractivity contribution in [2.75, 3.05) is 0 Å². The maximum Gasteiger partial charge on any atom is 0.0273 e. The van der Waals surface area contributed by atoms with Gasteiger partial charge in [-0.25, -0.2) is 0 Å². The van der Waals surface area contributed by atoms with E-state index in [9.17, 15) is 0 Å². The molecule has 3 nitrogen and oxygen atoms in total. The van der Waals surface area contributed by atoms with Gasteiger partial charge in [0.25, 0.3) is 0 Å². The van der Waals surface area contributed by atoms with Crippen LogP contribution in [0.4, 0.5) is 0 Å². The molecule has 0 spiro atoms. The summed E-state index contributed by atoms with van der Waals surface area (Å²) < 4.78 is 0. The number of rotatable bonds is 3. The number of benzene rings is 2. The molecule has 0 fully saturated rings. The van der Waals surface area contributed by atoms with E-state index in [1.807, 2.05) is 91.1 Å². The van der Waals surface area contributed by atoms with Gasteiger partial charge < -0.3 is 9.97 Å². The fourth-order valence-corrected chi connectivity index (χ4v) is 2.90. The Balaban J connectivity index is 0.000000183. The fourth-order valence-electron chi connectivity index (χ4n) is 2.90. The first-order valence-corrected chi connectivity index (χ1v) is 9.62. The largest absolute Gasteiger partial charge is 0.305 e. The number of hydrogen-bond donors (Lipinski definition) is 0. The number of aromatic nitrogens is 3. The van der Waals surface area contributed by atoms with Crippen molar-refractivity contribution in [2.45, 2.75) is 0 Å². The molecular formula is C27H19IrN3-2. The van der Waals surface area contributed by atoms with E-state index in [2.05, 4.69) is 33.2 Å². The molecule has 0 N–H and O–H groups in total. The average molecular weight is 578 g/mol. The minimum atomic E-state index is 0. The minimum Gasteiger partial charge on any atom is -0.305 e. The van der Waals surface area contributed by atoms with Gasteiger partial charge in [0.1, 0.15) is 0 Å². The van der Waals surface area contributed by atoms with Crippen LogP contribution in [0.3, 0.4) is 0 Å². The maximum atomic E-state index is 4.47. The molecule has 0 atom stereocenters. The molecule has 0 bridgehead atoms. The quantitative estimate of drug-likeness (QED) is 0.241. The van der Waals surface area contributed by atoms with E-state index in [-0.39, 0.29) is 20.1 Å². The second kappa shape index (κ2) is 11.7. The maximum absolute atomic E-state index is 4.47. The van der Waals surface area contributed by atoms with Gasteiger partial charge in [0.05, 0.1) is 0 Å². The van der Waals surface area contributed by atoms with Gasteiger partial charge in [-0.1, -0.05) is 24.3 Å². The van der Waals surface area contributed by atoms with Crippen LogP contribution in [0.25, 0.3) is 33.6 Å².